The summed E-state index contributed by atoms with van der Waals surface area (Å²) < 4.78 is 5.53. The number of aliphatic imine (C=N–C) groups is 1. The lowest BCUT2D eigenvalue weighted by Gasteiger charge is -2.39. The summed E-state index contributed by atoms with van der Waals surface area (Å²) >= 11 is 0. The minimum absolute atomic E-state index is 0. The number of nitrogens with zero attached hydrogens (tertiary/aromatic N) is 3. The summed E-state index contributed by atoms with van der Waals surface area (Å²) in [7, 11) is 0. The summed E-state index contributed by atoms with van der Waals surface area (Å²) in [5.41, 5.74) is 1.02. The van der Waals surface area contributed by atoms with Crippen molar-refractivity contribution < 1.29 is 4.74 Å². The number of H-pyrrole nitrogens is 1. The van der Waals surface area contributed by atoms with E-state index in [0.29, 0.717) is 18.5 Å². The molecule has 0 spiro atoms. The monoisotopic (exact) mass is 478 g/mol. The highest BCUT2D eigenvalue weighted by molar-refractivity contribution is 14.0. The van der Waals surface area contributed by atoms with Gasteiger partial charge in [0.15, 0.2) is 5.96 Å². The van der Waals surface area contributed by atoms with E-state index in [-0.39, 0.29) is 24.0 Å². The molecule has 0 radical (unpaired) electrons. The van der Waals surface area contributed by atoms with Crippen molar-refractivity contribution >= 4 is 29.9 Å². The molecule has 0 saturated carbocycles. The van der Waals surface area contributed by atoms with Crippen molar-refractivity contribution in [2.75, 3.05) is 39.4 Å². The summed E-state index contributed by atoms with van der Waals surface area (Å²) in [5, 5.41) is 13.8. The molecule has 150 valence electrons. The highest BCUT2D eigenvalue weighted by atomic mass is 127. The fraction of sp³-hybridized carbons (Fsp3) is 0.778. The van der Waals surface area contributed by atoms with Crippen LogP contribution in [0.1, 0.15) is 39.3 Å². The standard InChI is InChI=1S/C18H34N6O.HI/c1-4-15(5-2)17(24-9-11-25-12-10-24)14-21-18(19-6-3)20-13-16-7-8-22-23-16;/h7-8,15,17H,4-6,9-14H2,1-3H3,(H,22,23)(H2,19,20,21);1H. The van der Waals surface area contributed by atoms with Crippen LogP contribution >= 0.6 is 24.0 Å². The normalized spacial score (nSPS) is 17.0. The maximum Gasteiger partial charge on any atom is 0.191 e. The van der Waals surface area contributed by atoms with Crippen molar-refractivity contribution in [1.29, 1.82) is 0 Å². The second-order valence-electron chi connectivity index (χ2n) is 6.45. The Morgan fingerprint density at radius 3 is 2.58 bits per heavy atom. The van der Waals surface area contributed by atoms with E-state index in [1.165, 1.54) is 12.8 Å². The van der Waals surface area contributed by atoms with E-state index in [9.17, 15) is 0 Å². The van der Waals surface area contributed by atoms with E-state index in [1.54, 1.807) is 6.20 Å². The van der Waals surface area contributed by atoms with Crippen LogP contribution in [0.5, 0.6) is 0 Å². The van der Waals surface area contributed by atoms with Gasteiger partial charge in [0.1, 0.15) is 0 Å². The number of hydrogen-bond donors (Lipinski definition) is 3. The second-order valence-corrected chi connectivity index (χ2v) is 6.45. The molecule has 7 nitrogen and oxygen atoms in total. The van der Waals surface area contributed by atoms with Gasteiger partial charge >= 0.3 is 0 Å². The third kappa shape index (κ3) is 7.40. The Kier molecular flexibility index (Phi) is 11.9. The molecule has 3 N–H and O–H groups in total. The summed E-state index contributed by atoms with van der Waals surface area (Å²) in [6.07, 6.45) is 4.15. The van der Waals surface area contributed by atoms with Crippen LogP contribution in [0.3, 0.4) is 0 Å². The van der Waals surface area contributed by atoms with Crippen LogP contribution in [0.4, 0.5) is 0 Å². The molecule has 2 rings (SSSR count). The second kappa shape index (κ2) is 13.3. The number of guanidine groups is 1. The van der Waals surface area contributed by atoms with E-state index >= 15 is 0 Å². The van der Waals surface area contributed by atoms with Crippen molar-refractivity contribution in [2.24, 2.45) is 10.9 Å². The van der Waals surface area contributed by atoms with Crippen molar-refractivity contribution in [1.82, 2.24) is 25.7 Å². The third-order valence-electron chi connectivity index (χ3n) is 4.90. The van der Waals surface area contributed by atoms with Gasteiger partial charge < -0.3 is 15.4 Å². The molecule has 1 unspecified atom stereocenters. The molecule has 0 amide bonds. The molecule has 1 aromatic rings. The van der Waals surface area contributed by atoms with E-state index in [1.807, 2.05) is 6.07 Å². The molecule has 1 aliphatic rings. The Bertz CT molecular complexity index is 486. The Labute approximate surface area is 174 Å². The summed E-state index contributed by atoms with van der Waals surface area (Å²) in [6, 6.07) is 2.46. The van der Waals surface area contributed by atoms with Crippen molar-refractivity contribution in [3.63, 3.8) is 0 Å². The number of hydrogen-bond acceptors (Lipinski definition) is 4. The topological polar surface area (TPSA) is 77.6 Å². The lowest BCUT2D eigenvalue weighted by molar-refractivity contribution is 0.00272. The predicted molar refractivity (Wildman–Crippen MR) is 117 cm³/mol. The van der Waals surface area contributed by atoms with Gasteiger partial charge in [-0.25, -0.2) is 4.99 Å². The summed E-state index contributed by atoms with van der Waals surface area (Å²) in [4.78, 5) is 7.24. The SMILES string of the molecule is CCNC(=NCc1ccn[nH]1)NCC(C(CC)CC)N1CCOCC1.I. The quantitative estimate of drug-likeness (QED) is 0.288. The van der Waals surface area contributed by atoms with Crippen LogP contribution in [0, 0.1) is 5.92 Å². The molecule has 8 heteroatoms. The average molecular weight is 478 g/mol. The fourth-order valence-electron chi connectivity index (χ4n) is 3.42. The van der Waals surface area contributed by atoms with Crippen molar-refractivity contribution in [3.8, 4) is 0 Å². The minimum Gasteiger partial charge on any atom is -0.379 e. The molecule has 0 aromatic carbocycles. The van der Waals surface area contributed by atoms with Crippen molar-refractivity contribution in [3.05, 3.63) is 18.0 Å². The Morgan fingerprint density at radius 1 is 1.27 bits per heavy atom. The van der Waals surface area contributed by atoms with Gasteiger partial charge in [0.2, 0.25) is 0 Å². The molecular weight excluding hydrogens is 443 g/mol. The third-order valence-corrected chi connectivity index (χ3v) is 4.90. The first-order valence-corrected chi connectivity index (χ1v) is 9.60. The van der Waals surface area contributed by atoms with Crippen LogP contribution < -0.4 is 10.6 Å². The minimum atomic E-state index is 0. The van der Waals surface area contributed by atoms with Gasteiger partial charge in [-0.05, 0) is 18.9 Å². The largest absolute Gasteiger partial charge is 0.379 e. The molecule has 0 aliphatic carbocycles. The Hall–Kier alpha value is -0.870. The molecule has 1 saturated heterocycles. The predicted octanol–water partition coefficient (Wildman–Crippen LogP) is 2.22. The van der Waals surface area contributed by atoms with E-state index in [4.69, 9.17) is 4.74 Å². The highest BCUT2D eigenvalue weighted by Gasteiger charge is 2.26. The molecular formula is C18H35IN6O. The lowest BCUT2D eigenvalue weighted by atomic mass is 9.92. The zero-order valence-electron chi connectivity index (χ0n) is 16.3. The Morgan fingerprint density at radius 2 is 2.00 bits per heavy atom. The van der Waals surface area contributed by atoms with Crippen molar-refractivity contribution in [2.45, 2.75) is 46.2 Å². The average Bonchev–Trinajstić information content (AvgIpc) is 3.17. The molecule has 1 aromatic heterocycles. The van der Waals surface area contributed by atoms with Crippen LogP contribution in [-0.4, -0.2) is 66.5 Å². The molecule has 1 aliphatic heterocycles. The molecule has 0 bridgehead atoms. The number of nitrogens with one attached hydrogen (secondary N) is 3. The van der Waals surface area contributed by atoms with E-state index in [2.05, 4.69) is 51.5 Å². The first-order chi connectivity index (χ1) is 12.3. The smallest absolute Gasteiger partial charge is 0.191 e. The Balaban J connectivity index is 0.00000338. The zero-order valence-corrected chi connectivity index (χ0v) is 18.7. The van der Waals surface area contributed by atoms with Gasteiger partial charge in [-0.3, -0.25) is 10.00 Å². The van der Waals surface area contributed by atoms with Crippen LogP contribution in [-0.2, 0) is 11.3 Å². The number of rotatable bonds is 9. The zero-order chi connectivity index (χ0) is 17.9. The first-order valence-electron chi connectivity index (χ1n) is 9.60. The summed E-state index contributed by atoms with van der Waals surface area (Å²) in [6.45, 7) is 12.7. The van der Waals surface area contributed by atoms with Gasteiger partial charge in [0, 0.05) is 38.4 Å². The molecule has 1 atom stereocenters. The fourth-order valence-corrected chi connectivity index (χ4v) is 3.42. The number of aromatic nitrogens is 2. The number of aromatic amines is 1. The molecule has 2 heterocycles. The first kappa shape index (κ1) is 23.2. The van der Waals surface area contributed by atoms with Crippen LogP contribution in [0.15, 0.2) is 17.3 Å². The number of ether oxygens (including phenoxy) is 1. The van der Waals surface area contributed by atoms with Gasteiger partial charge in [0.25, 0.3) is 0 Å². The summed E-state index contributed by atoms with van der Waals surface area (Å²) in [5.74, 6) is 1.54. The highest BCUT2D eigenvalue weighted by Crippen LogP contribution is 2.19. The van der Waals surface area contributed by atoms with Gasteiger partial charge in [-0.1, -0.05) is 26.7 Å². The van der Waals surface area contributed by atoms with Gasteiger partial charge in [-0.15, -0.1) is 24.0 Å². The van der Waals surface area contributed by atoms with Gasteiger partial charge in [0.05, 0.1) is 25.5 Å². The maximum atomic E-state index is 5.53. The maximum absolute atomic E-state index is 5.53. The van der Waals surface area contributed by atoms with Gasteiger partial charge in [-0.2, -0.15) is 5.10 Å². The van der Waals surface area contributed by atoms with Crippen LogP contribution in [0.2, 0.25) is 0 Å². The number of halogens is 1. The molecule has 26 heavy (non-hydrogen) atoms. The van der Waals surface area contributed by atoms with Crippen LogP contribution in [0.25, 0.3) is 0 Å². The lowest BCUT2D eigenvalue weighted by Crippen LogP contribution is -2.53. The van der Waals surface area contributed by atoms with E-state index in [0.717, 1.165) is 51.0 Å². The molecule has 1 fully saturated rings. The number of morpholine rings is 1. The van der Waals surface area contributed by atoms with E-state index < -0.39 is 0 Å².